The maximum atomic E-state index is 5.71. The first-order valence-electron chi connectivity index (χ1n) is 6.88. The van der Waals surface area contributed by atoms with Gasteiger partial charge >= 0.3 is 0 Å². The van der Waals surface area contributed by atoms with Crippen molar-refractivity contribution < 1.29 is 4.42 Å². The molecule has 20 heavy (non-hydrogen) atoms. The lowest BCUT2D eigenvalue weighted by atomic mass is 10.1. The Morgan fingerprint density at radius 1 is 1.25 bits per heavy atom. The highest BCUT2D eigenvalue weighted by molar-refractivity contribution is 7.99. The van der Waals surface area contributed by atoms with Crippen LogP contribution in [0.1, 0.15) is 24.3 Å². The molecule has 1 aliphatic carbocycles. The normalized spacial score (nSPS) is 15.0. The molecule has 0 spiro atoms. The van der Waals surface area contributed by atoms with Crippen LogP contribution in [0.5, 0.6) is 0 Å². The zero-order valence-corrected chi connectivity index (χ0v) is 11.8. The summed E-state index contributed by atoms with van der Waals surface area (Å²) in [5, 5.41) is 10.2. The number of nitrogens with zero attached hydrogens (tertiary/aromatic N) is 2. The van der Waals surface area contributed by atoms with Crippen molar-refractivity contribution in [1.29, 1.82) is 0 Å². The molecule has 5 heteroatoms. The summed E-state index contributed by atoms with van der Waals surface area (Å²) in [6.07, 6.45) is 5.40. The van der Waals surface area contributed by atoms with Crippen molar-refractivity contribution >= 4 is 22.7 Å². The summed E-state index contributed by atoms with van der Waals surface area (Å²) in [4.78, 5) is 3.27. The highest BCUT2D eigenvalue weighted by atomic mass is 32.2. The molecule has 1 fully saturated rings. The molecule has 2 aromatic heterocycles. The first kappa shape index (κ1) is 12.0. The maximum Gasteiger partial charge on any atom is 0.276 e. The Balaban J connectivity index is 1.50. The van der Waals surface area contributed by atoms with E-state index in [-0.39, 0.29) is 0 Å². The minimum Gasteiger partial charge on any atom is -0.416 e. The number of hydrogen-bond donors (Lipinski definition) is 1. The van der Waals surface area contributed by atoms with E-state index in [1.165, 1.54) is 23.8 Å². The van der Waals surface area contributed by atoms with E-state index in [9.17, 15) is 0 Å². The molecule has 0 unspecified atom stereocenters. The van der Waals surface area contributed by atoms with Crippen LogP contribution in [-0.4, -0.2) is 20.9 Å². The molecule has 1 aliphatic rings. The Bertz CT molecular complexity index is 729. The Morgan fingerprint density at radius 3 is 3.05 bits per heavy atom. The standard InChI is InChI=1S/C15H15N3OS/c1-2-4-13-12(3-1)11(8-16-13)7-14-17-18-15(19-14)20-9-10-5-6-10/h1-4,8,10,16H,5-7,9H2. The van der Waals surface area contributed by atoms with Gasteiger partial charge in [0.1, 0.15) is 0 Å². The van der Waals surface area contributed by atoms with Crippen LogP contribution in [0.4, 0.5) is 0 Å². The van der Waals surface area contributed by atoms with Gasteiger partial charge in [-0.2, -0.15) is 0 Å². The van der Waals surface area contributed by atoms with Gasteiger partial charge in [-0.05, 0) is 30.4 Å². The highest BCUT2D eigenvalue weighted by Crippen LogP contribution is 2.34. The quantitative estimate of drug-likeness (QED) is 0.727. The molecule has 2 heterocycles. The predicted molar refractivity (Wildman–Crippen MR) is 78.9 cm³/mol. The van der Waals surface area contributed by atoms with Crippen LogP contribution in [0.15, 0.2) is 40.1 Å². The lowest BCUT2D eigenvalue weighted by Gasteiger charge is -1.94. The third-order valence-corrected chi connectivity index (χ3v) is 4.65. The largest absolute Gasteiger partial charge is 0.416 e. The van der Waals surface area contributed by atoms with Crippen molar-refractivity contribution in [2.45, 2.75) is 24.5 Å². The third-order valence-electron chi connectivity index (χ3n) is 3.60. The van der Waals surface area contributed by atoms with E-state index in [2.05, 4.69) is 27.3 Å². The maximum absolute atomic E-state index is 5.71. The van der Waals surface area contributed by atoms with Crippen LogP contribution in [-0.2, 0) is 6.42 Å². The number of thioether (sulfide) groups is 1. The van der Waals surface area contributed by atoms with Crippen molar-refractivity contribution in [3.05, 3.63) is 41.9 Å². The number of rotatable bonds is 5. The first-order valence-corrected chi connectivity index (χ1v) is 7.87. The molecule has 0 amide bonds. The van der Waals surface area contributed by atoms with Gasteiger partial charge in [0.15, 0.2) is 0 Å². The molecule has 0 bridgehead atoms. The fourth-order valence-corrected chi connectivity index (χ4v) is 3.25. The number of hydrogen-bond acceptors (Lipinski definition) is 4. The van der Waals surface area contributed by atoms with Gasteiger partial charge in [0, 0.05) is 22.9 Å². The molecule has 1 saturated carbocycles. The second-order valence-electron chi connectivity index (χ2n) is 5.25. The number of aromatic amines is 1. The second kappa shape index (κ2) is 4.98. The smallest absolute Gasteiger partial charge is 0.276 e. The van der Waals surface area contributed by atoms with E-state index in [1.807, 2.05) is 18.3 Å². The van der Waals surface area contributed by atoms with Crippen LogP contribution in [0.2, 0.25) is 0 Å². The Hall–Kier alpha value is -1.75. The summed E-state index contributed by atoms with van der Waals surface area (Å²) in [5.41, 5.74) is 2.34. The zero-order chi connectivity index (χ0) is 13.4. The number of benzene rings is 1. The van der Waals surface area contributed by atoms with Crippen LogP contribution in [0.3, 0.4) is 0 Å². The summed E-state index contributed by atoms with van der Waals surface area (Å²) in [6.45, 7) is 0. The van der Waals surface area contributed by atoms with E-state index < -0.39 is 0 Å². The van der Waals surface area contributed by atoms with Crippen LogP contribution >= 0.6 is 11.8 Å². The molecule has 1 N–H and O–H groups in total. The first-order chi connectivity index (χ1) is 9.88. The third kappa shape index (κ3) is 2.45. The minimum atomic E-state index is 0.682. The minimum absolute atomic E-state index is 0.682. The molecule has 1 aromatic carbocycles. The number of nitrogens with one attached hydrogen (secondary N) is 1. The van der Waals surface area contributed by atoms with Crippen molar-refractivity contribution in [2.75, 3.05) is 5.75 Å². The summed E-state index contributed by atoms with van der Waals surface area (Å²) < 4.78 is 5.71. The Kier molecular flexibility index (Phi) is 2.99. The average molecular weight is 285 g/mol. The molecule has 0 radical (unpaired) electrons. The molecule has 0 atom stereocenters. The lowest BCUT2D eigenvalue weighted by molar-refractivity contribution is 0.420. The van der Waals surface area contributed by atoms with Gasteiger partial charge in [0.25, 0.3) is 5.22 Å². The van der Waals surface area contributed by atoms with Gasteiger partial charge in [0.2, 0.25) is 5.89 Å². The van der Waals surface area contributed by atoms with Crippen LogP contribution < -0.4 is 0 Å². The molecule has 4 rings (SSSR count). The van der Waals surface area contributed by atoms with Gasteiger partial charge in [-0.25, -0.2) is 0 Å². The fourth-order valence-electron chi connectivity index (χ4n) is 2.28. The van der Waals surface area contributed by atoms with Crippen molar-refractivity contribution in [1.82, 2.24) is 15.2 Å². The second-order valence-corrected chi connectivity index (χ2v) is 6.22. The number of fused-ring (bicyclic) bond motifs is 1. The molecule has 0 aliphatic heterocycles. The van der Waals surface area contributed by atoms with E-state index in [4.69, 9.17) is 4.42 Å². The van der Waals surface area contributed by atoms with E-state index >= 15 is 0 Å². The van der Waals surface area contributed by atoms with Crippen molar-refractivity contribution in [2.24, 2.45) is 5.92 Å². The predicted octanol–water partition coefficient (Wildman–Crippen LogP) is 3.64. The topological polar surface area (TPSA) is 54.7 Å². The van der Waals surface area contributed by atoms with E-state index in [0.29, 0.717) is 17.5 Å². The van der Waals surface area contributed by atoms with E-state index in [0.717, 1.165) is 17.2 Å². The van der Waals surface area contributed by atoms with Gasteiger partial charge in [-0.3, -0.25) is 0 Å². The van der Waals surface area contributed by atoms with Crippen molar-refractivity contribution in [3.63, 3.8) is 0 Å². The molecular weight excluding hydrogens is 270 g/mol. The fraction of sp³-hybridized carbons (Fsp3) is 0.333. The summed E-state index contributed by atoms with van der Waals surface area (Å²) in [7, 11) is 0. The average Bonchev–Trinajstić information content (AvgIpc) is 3.06. The Morgan fingerprint density at radius 2 is 2.15 bits per heavy atom. The number of H-pyrrole nitrogens is 1. The molecule has 3 aromatic rings. The molecular formula is C15H15N3OS. The Labute approximate surface area is 121 Å². The lowest BCUT2D eigenvalue weighted by Crippen LogP contribution is -1.86. The SMILES string of the molecule is c1ccc2c(Cc3nnc(SCC4CC4)o3)c[nH]c2c1. The monoisotopic (exact) mass is 285 g/mol. The number of para-hydroxylation sites is 1. The van der Waals surface area contributed by atoms with Gasteiger partial charge in [0.05, 0.1) is 6.42 Å². The van der Waals surface area contributed by atoms with E-state index in [1.54, 1.807) is 11.8 Å². The summed E-state index contributed by atoms with van der Waals surface area (Å²) in [6, 6.07) is 8.26. The highest BCUT2D eigenvalue weighted by Gasteiger charge is 2.22. The van der Waals surface area contributed by atoms with Crippen molar-refractivity contribution in [3.8, 4) is 0 Å². The molecule has 102 valence electrons. The van der Waals surface area contributed by atoms with Gasteiger partial charge < -0.3 is 9.40 Å². The van der Waals surface area contributed by atoms with Gasteiger partial charge in [-0.15, -0.1) is 10.2 Å². The number of aromatic nitrogens is 3. The summed E-state index contributed by atoms with van der Waals surface area (Å²) >= 11 is 1.68. The molecule has 0 saturated heterocycles. The molecule has 4 nitrogen and oxygen atoms in total. The van der Waals surface area contributed by atoms with Crippen LogP contribution in [0.25, 0.3) is 10.9 Å². The van der Waals surface area contributed by atoms with Gasteiger partial charge in [-0.1, -0.05) is 30.0 Å². The zero-order valence-electron chi connectivity index (χ0n) is 11.0. The van der Waals surface area contributed by atoms with Crippen LogP contribution in [0, 0.1) is 5.92 Å². The summed E-state index contributed by atoms with van der Waals surface area (Å²) in [5.74, 6) is 2.66.